The highest BCUT2D eigenvalue weighted by Crippen LogP contribution is 2.12. The van der Waals surface area contributed by atoms with Crippen molar-refractivity contribution in [2.24, 2.45) is 0 Å². The van der Waals surface area contributed by atoms with Crippen LogP contribution in [0.25, 0.3) is 0 Å². The Morgan fingerprint density at radius 3 is 2.65 bits per heavy atom. The van der Waals surface area contributed by atoms with Gasteiger partial charge in [-0.05, 0) is 5.56 Å². The molecule has 1 amide bonds. The maximum absolute atomic E-state index is 11.0. The summed E-state index contributed by atoms with van der Waals surface area (Å²) in [5.74, 6) is -1.59. The summed E-state index contributed by atoms with van der Waals surface area (Å²) in [6, 6.07) is -3.01. The highest BCUT2D eigenvalue weighted by Gasteiger charge is 2.17. The van der Waals surface area contributed by atoms with Crippen molar-refractivity contribution in [3.63, 3.8) is 0 Å². The molecule has 0 fully saturated rings. The van der Waals surface area contributed by atoms with Crippen molar-refractivity contribution >= 4 is 23.6 Å². The number of aliphatic carboxylic acids is 1. The van der Waals surface area contributed by atoms with Crippen molar-refractivity contribution in [3.8, 4) is 0 Å². The third-order valence-corrected chi connectivity index (χ3v) is 2.82. The van der Waals surface area contributed by atoms with Gasteiger partial charge in [-0.2, -0.15) is 11.8 Å². The number of nitrogens with one attached hydrogen (secondary N) is 1. The molecule has 0 aliphatic heterocycles. The van der Waals surface area contributed by atoms with E-state index in [2.05, 4.69) is 5.32 Å². The Morgan fingerprint density at radius 2 is 2.12 bits per heavy atom. The Kier molecular flexibility index (Phi) is 3.18. The number of carboxylic acid groups (broad SMARTS) is 1. The van der Waals surface area contributed by atoms with Gasteiger partial charge in [0.15, 0.2) is 0 Å². The normalized spacial score (nSPS) is 15.9. The molecule has 0 bridgehead atoms. The molecule has 0 radical (unpaired) electrons. The van der Waals surface area contributed by atoms with Crippen molar-refractivity contribution in [1.82, 2.24) is 5.32 Å². The molecule has 1 aromatic rings. The quantitative estimate of drug-likeness (QED) is 0.811. The van der Waals surface area contributed by atoms with E-state index in [9.17, 15) is 9.59 Å². The van der Waals surface area contributed by atoms with E-state index in [1.54, 1.807) is 0 Å². The second-order valence-electron chi connectivity index (χ2n) is 3.21. The van der Waals surface area contributed by atoms with Crippen molar-refractivity contribution in [2.75, 3.05) is 5.75 Å². The molecule has 0 spiro atoms. The summed E-state index contributed by atoms with van der Waals surface area (Å²) >= 11 is 1.07. The first-order valence-corrected chi connectivity index (χ1v) is 5.95. The number of amides is 1. The number of hydrogen-bond donors (Lipinski definition) is 2. The van der Waals surface area contributed by atoms with E-state index in [1.165, 1.54) is 6.92 Å². The number of hydrogen-bond acceptors (Lipinski definition) is 3. The summed E-state index contributed by atoms with van der Waals surface area (Å²) in [6.45, 7) is 1.20. The minimum atomic E-state index is -1.19. The fourth-order valence-electron chi connectivity index (χ4n) is 1.05. The monoisotopic (exact) mass is 258 g/mol. The molecule has 2 N–H and O–H groups in total. The predicted molar refractivity (Wildman–Crippen MR) is 67.8 cm³/mol. The standard InChI is InChI=1S/C12H15NO3S/c1-9(14)13-11(12(15)16)8-17-7-10-5-3-2-4-6-10/h2-6,11H,7-8H2,1H3,(H,13,14)(H,15,16)/t11-/m0/s1/i2D,3D,4D,5D,6D. The lowest BCUT2D eigenvalue weighted by Gasteiger charge is -2.12. The molecule has 1 rings (SSSR count). The van der Waals surface area contributed by atoms with E-state index in [0.717, 1.165) is 11.8 Å². The molecule has 4 nitrogen and oxygen atoms in total. The molecule has 1 aromatic carbocycles. The van der Waals surface area contributed by atoms with Crippen molar-refractivity contribution in [2.45, 2.75) is 18.7 Å². The number of thioether (sulfide) groups is 1. The lowest BCUT2D eigenvalue weighted by molar-refractivity contribution is -0.140. The average molecular weight is 258 g/mol. The topological polar surface area (TPSA) is 66.4 Å². The van der Waals surface area contributed by atoms with Gasteiger partial charge >= 0.3 is 5.97 Å². The number of carbonyl (C=O) groups excluding carboxylic acids is 1. The first kappa shape index (κ1) is 7.76. The fourth-order valence-corrected chi connectivity index (χ4v) is 1.97. The minimum Gasteiger partial charge on any atom is -0.480 e. The Bertz CT molecular complexity index is 582. The molecular formula is C12H15NO3S. The van der Waals surface area contributed by atoms with E-state index in [4.69, 9.17) is 12.0 Å². The van der Waals surface area contributed by atoms with Gasteiger partial charge in [0.25, 0.3) is 0 Å². The van der Waals surface area contributed by atoms with Crippen LogP contribution in [0.2, 0.25) is 0 Å². The van der Waals surface area contributed by atoms with Crippen LogP contribution in [-0.2, 0) is 15.3 Å². The Morgan fingerprint density at radius 1 is 1.47 bits per heavy atom. The van der Waals surface area contributed by atoms with Crippen LogP contribution in [0.15, 0.2) is 30.2 Å². The van der Waals surface area contributed by atoms with Crippen LogP contribution in [0.1, 0.15) is 19.3 Å². The van der Waals surface area contributed by atoms with Gasteiger partial charge in [0.2, 0.25) is 5.91 Å². The van der Waals surface area contributed by atoms with Gasteiger partial charge < -0.3 is 10.4 Å². The average Bonchev–Trinajstić information content (AvgIpc) is 2.44. The Hall–Kier alpha value is -1.49. The third-order valence-electron chi connectivity index (χ3n) is 1.76. The zero-order chi connectivity index (χ0) is 17.0. The second kappa shape index (κ2) is 6.96. The number of carboxylic acids is 1. The molecule has 5 heteroatoms. The molecule has 0 saturated carbocycles. The summed E-state index contributed by atoms with van der Waals surface area (Å²) in [5.41, 5.74) is 0.114. The zero-order valence-corrected chi connectivity index (χ0v) is 9.98. The molecule has 0 saturated heterocycles. The largest absolute Gasteiger partial charge is 0.480 e. The number of carbonyl (C=O) groups is 2. The predicted octanol–water partition coefficient (Wildman–Crippen LogP) is 1.51. The van der Waals surface area contributed by atoms with E-state index in [1.807, 2.05) is 0 Å². The van der Waals surface area contributed by atoms with Crippen molar-refractivity contribution < 1.29 is 21.5 Å². The zero-order valence-electron chi connectivity index (χ0n) is 14.2. The van der Waals surface area contributed by atoms with Gasteiger partial charge in [-0.25, -0.2) is 4.79 Å². The van der Waals surface area contributed by atoms with E-state index >= 15 is 0 Å². The molecular weight excluding hydrogens is 238 g/mol. The SMILES string of the molecule is [2H]c1c([2H])c([2H])c(CSC[C@H](NC(C)=O)C(=O)O)c([2H])c1[2H]. The Balaban J connectivity index is 2.85. The van der Waals surface area contributed by atoms with E-state index in [-0.39, 0.29) is 29.2 Å². The van der Waals surface area contributed by atoms with Gasteiger partial charge in [0, 0.05) is 18.4 Å². The van der Waals surface area contributed by atoms with Gasteiger partial charge in [-0.3, -0.25) is 4.79 Å². The van der Waals surface area contributed by atoms with Crippen LogP contribution in [-0.4, -0.2) is 28.8 Å². The lowest BCUT2D eigenvalue weighted by Crippen LogP contribution is -2.41. The Labute approximate surface area is 111 Å². The third kappa shape index (κ3) is 5.40. The van der Waals surface area contributed by atoms with Crippen LogP contribution in [0.5, 0.6) is 0 Å². The molecule has 92 valence electrons. The van der Waals surface area contributed by atoms with Crippen LogP contribution >= 0.6 is 11.8 Å². The van der Waals surface area contributed by atoms with Gasteiger partial charge in [0.1, 0.15) is 6.04 Å². The summed E-state index contributed by atoms with van der Waals surface area (Å²) in [4.78, 5) is 21.9. The molecule has 0 heterocycles. The summed E-state index contributed by atoms with van der Waals surface area (Å²) in [7, 11) is 0. The molecule has 1 atom stereocenters. The van der Waals surface area contributed by atoms with Crippen LogP contribution in [0.3, 0.4) is 0 Å². The van der Waals surface area contributed by atoms with Crippen LogP contribution < -0.4 is 5.32 Å². The first-order valence-electron chi connectivity index (χ1n) is 7.30. The highest BCUT2D eigenvalue weighted by atomic mass is 32.2. The fraction of sp³-hybridized carbons (Fsp3) is 0.333. The number of rotatable bonds is 6. The van der Waals surface area contributed by atoms with E-state index < -0.39 is 36.0 Å². The van der Waals surface area contributed by atoms with Gasteiger partial charge in [0.05, 0.1) is 6.85 Å². The summed E-state index contributed by atoms with van der Waals surface area (Å²) in [5, 5.41) is 11.2. The van der Waals surface area contributed by atoms with Crippen molar-refractivity contribution in [3.05, 3.63) is 35.8 Å². The lowest BCUT2D eigenvalue weighted by atomic mass is 10.2. The van der Waals surface area contributed by atoms with Gasteiger partial charge in [-0.1, -0.05) is 30.2 Å². The first-order chi connectivity index (χ1) is 10.2. The molecule has 0 aliphatic rings. The van der Waals surface area contributed by atoms with Crippen LogP contribution in [0, 0.1) is 0 Å². The van der Waals surface area contributed by atoms with Gasteiger partial charge in [-0.15, -0.1) is 0 Å². The maximum Gasteiger partial charge on any atom is 0.327 e. The van der Waals surface area contributed by atoms with Crippen LogP contribution in [0.4, 0.5) is 0 Å². The second-order valence-corrected chi connectivity index (χ2v) is 4.24. The molecule has 0 aliphatic carbocycles. The number of benzene rings is 1. The maximum atomic E-state index is 11.0. The highest BCUT2D eigenvalue weighted by molar-refractivity contribution is 7.98. The molecule has 0 aromatic heterocycles. The van der Waals surface area contributed by atoms with Crippen molar-refractivity contribution in [1.29, 1.82) is 0 Å². The smallest absolute Gasteiger partial charge is 0.327 e. The molecule has 0 unspecified atom stereocenters. The summed E-state index contributed by atoms with van der Waals surface area (Å²) < 4.78 is 38.1. The van der Waals surface area contributed by atoms with E-state index in [0.29, 0.717) is 0 Å². The summed E-state index contributed by atoms with van der Waals surface area (Å²) in [6.07, 6.45) is 0. The minimum absolute atomic E-state index is 0.0249. The molecule has 17 heavy (non-hydrogen) atoms.